The first-order valence-electron chi connectivity index (χ1n) is 36.5. The Balaban J connectivity index is 0.000000117. The zero-order valence-corrected chi connectivity index (χ0v) is 59.0. The van der Waals surface area contributed by atoms with Gasteiger partial charge in [-0.2, -0.15) is 0 Å². The largest absolute Gasteiger partial charge is 0.0683 e. The molecule has 22 aromatic carbocycles. The second-order valence-electron chi connectivity index (χ2n) is 24.8. The third-order valence-electron chi connectivity index (χ3n) is 20.2. The van der Waals surface area contributed by atoms with E-state index in [1.165, 1.54) is 206 Å². The fourth-order valence-corrected chi connectivity index (χ4v) is 16.7. The SMILES string of the molecule is CC.CC.CC.CC.CC.c1cc2ccc3cc4cccc5ccc6cc(c1)c2c3c6c54.c1ccc(-c2c3cccc4ccc5c(-c6ccccc6)c6cccc7ccc2c(c76)c5c43)cc1.c1ccc(-c2c3cccc4ccc5c(-c6ccccc6)c6cccc7ccc2c(c76)c5c43)cc1. The predicted molar refractivity (Wildman–Crippen MR) is 448 cm³/mol. The summed E-state index contributed by atoms with van der Waals surface area (Å²) in [7, 11) is 0. The van der Waals surface area contributed by atoms with Gasteiger partial charge >= 0.3 is 0 Å². The van der Waals surface area contributed by atoms with E-state index >= 15 is 0 Å². The van der Waals surface area contributed by atoms with E-state index in [0.29, 0.717) is 0 Å². The maximum Gasteiger partial charge on any atom is -0.000741 e. The van der Waals surface area contributed by atoms with E-state index in [1.807, 2.05) is 69.2 Å². The third-order valence-corrected chi connectivity index (χ3v) is 20.2. The molecule has 0 radical (unpaired) electrons. The van der Waals surface area contributed by atoms with Crippen LogP contribution in [0, 0.1) is 0 Å². The van der Waals surface area contributed by atoms with Crippen molar-refractivity contribution in [3.05, 3.63) is 315 Å². The van der Waals surface area contributed by atoms with Crippen LogP contribution in [0.2, 0.25) is 0 Å². The van der Waals surface area contributed by atoms with Crippen LogP contribution in [0.15, 0.2) is 315 Å². The van der Waals surface area contributed by atoms with Crippen molar-refractivity contribution in [3.63, 3.8) is 0 Å². The predicted octanol–water partition coefficient (Wildman–Crippen LogP) is 30.8. The van der Waals surface area contributed by atoms with Gasteiger partial charge in [-0.1, -0.05) is 373 Å². The van der Waals surface area contributed by atoms with Crippen LogP contribution in [-0.2, 0) is 0 Å². The molecule has 22 aromatic rings. The summed E-state index contributed by atoms with van der Waals surface area (Å²) in [6.07, 6.45) is 0. The zero-order chi connectivity index (χ0) is 68.7. The van der Waals surface area contributed by atoms with Crippen LogP contribution < -0.4 is 0 Å². The molecule has 0 N–H and O–H groups in total. The Morgan fingerprint density at radius 3 is 0.550 bits per heavy atom. The minimum absolute atomic E-state index is 1.27. The van der Waals surface area contributed by atoms with Gasteiger partial charge in [0.05, 0.1) is 0 Å². The quantitative estimate of drug-likeness (QED) is 0.122. The van der Waals surface area contributed by atoms with Crippen LogP contribution in [0.4, 0.5) is 0 Å². The minimum Gasteiger partial charge on any atom is -0.0683 e. The summed E-state index contributed by atoms with van der Waals surface area (Å²) in [4.78, 5) is 0. The summed E-state index contributed by atoms with van der Waals surface area (Å²) in [5, 5.41) is 40.7. The molecule has 0 saturated carbocycles. The van der Waals surface area contributed by atoms with Crippen LogP contribution in [0.5, 0.6) is 0 Å². The average Bonchev–Trinajstić information content (AvgIpc) is 0.697. The molecule has 482 valence electrons. The van der Waals surface area contributed by atoms with E-state index in [2.05, 4.69) is 315 Å². The lowest BCUT2D eigenvalue weighted by molar-refractivity contribution is 1.50. The van der Waals surface area contributed by atoms with Gasteiger partial charge in [-0.25, -0.2) is 0 Å². The van der Waals surface area contributed by atoms with Gasteiger partial charge in [-0.15, -0.1) is 0 Å². The molecule has 0 unspecified atom stereocenters. The number of hydrogen-bond donors (Lipinski definition) is 0. The zero-order valence-electron chi connectivity index (χ0n) is 59.0. The summed E-state index contributed by atoms with van der Waals surface area (Å²) < 4.78 is 0. The highest BCUT2D eigenvalue weighted by molar-refractivity contribution is 6.45. The Bertz CT molecular complexity index is 5830. The van der Waals surface area contributed by atoms with E-state index in [1.54, 1.807) is 0 Å². The molecule has 0 aliphatic rings. The highest BCUT2D eigenvalue weighted by Gasteiger charge is 2.26. The van der Waals surface area contributed by atoms with Crippen LogP contribution in [0.1, 0.15) is 69.2 Å². The van der Waals surface area contributed by atoms with Crippen molar-refractivity contribution < 1.29 is 0 Å². The lowest BCUT2D eigenvalue weighted by atomic mass is 9.80. The van der Waals surface area contributed by atoms with Crippen LogP contribution in [-0.4, -0.2) is 0 Å². The summed E-state index contributed by atoms with van der Waals surface area (Å²) in [5.74, 6) is 0. The molecule has 0 aliphatic heterocycles. The van der Waals surface area contributed by atoms with Crippen molar-refractivity contribution in [2.45, 2.75) is 69.2 Å². The van der Waals surface area contributed by atoms with Crippen LogP contribution in [0.3, 0.4) is 0 Å². The van der Waals surface area contributed by atoms with Crippen molar-refractivity contribution >= 4 is 162 Å². The molecule has 0 amide bonds. The van der Waals surface area contributed by atoms with Crippen molar-refractivity contribution in [1.82, 2.24) is 0 Å². The Labute approximate surface area is 587 Å². The van der Waals surface area contributed by atoms with Gasteiger partial charge in [0.25, 0.3) is 0 Å². The van der Waals surface area contributed by atoms with E-state index in [0.717, 1.165) is 0 Å². The first-order chi connectivity index (χ1) is 49.7. The third kappa shape index (κ3) is 10.0. The number of rotatable bonds is 4. The van der Waals surface area contributed by atoms with Gasteiger partial charge in [0.1, 0.15) is 0 Å². The van der Waals surface area contributed by atoms with Crippen molar-refractivity contribution in [1.29, 1.82) is 0 Å². The number of benzene rings is 22. The van der Waals surface area contributed by atoms with Crippen LogP contribution >= 0.6 is 0 Å². The lowest BCUT2D eigenvalue weighted by Crippen LogP contribution is -1.95. The van der Waals surface area contributed by atoms with E-state index in [-0.39, 0.29) is 0 Å². The summed E-state index contributed by atoms with van der Waals surface area (Å²) >= 11 is 0. The highest BCUT2D eigenvalue weighted by atomic mass is 14.3. The van der Waals surface area contributed by atoms with E-state index in [4.69, 9.17) is 0 Å². The molecule has 0 saturated heterocycles. The van der Waals surface area contributed by atoms with E-state index < -0.39 is 0 Å². The summed E-state index contributed by atoms with van der Waals surface area (Å²) in [6, 6.07) is 116. The number of hydrogen-bond acceptors (Lipinski definition) is 0. The molecule has 0 atom stereocenters. The molecule has 0 bridgehead atoms. The van der Waals surface area contributed by atoms with Crippen molar-refractivity contribution in [3.8, 4) is 44.5 Å². The van der Waals surface area contributed by atoms with Gasteiger partial charge < -0.3 is 0 Å². The molecule has 0 heterocycles. The second kappa shape index (κ2) is 27.3. The summed E-state index contributed by atoms with van der Waals surface area (Å²) in [6.45, 7) is 20.0. The molecule has 0 heteroatoms. The minimum atomic E-state index is 1.27. The average molecular weight is 1280 g/mol. The Hall–Kier alpha value is -11.7. The molecular formula is C100H82. The molecule has 0 nitrogen and oxygen atoms in total. The van der Waals surface area contributed by atoms with E-state index in [9.17, 15) is 0 Å². The van der Waals surface area contributed by atoms with Crippen molar-refractivity contribution in [2.24, 2.45) is 0 Å². The Morgan fingerprint density at radius 1 is 0.120 bits per heavy atom. The molecule has 0 aliphatic carbocycles. The van der Waals surface area contributed by atoms with Gasteiger partial charge in [-0.05, 0) is 218 Å². The van der Waals surface area contributed by atoms with Gasteiger partial charge in [0.2, 0.25) is 0 Å². The van der Waals surface area contributed by atoms with Crippen LogP contribution in [0.25, 0.3) is 206 Å². The van der Waals surface area contributed by atoms with Crippen molar-refractivity contribution in [2.75, 3.05) is 0 Å². The molecule has 0 spiro atoms. The maximum absolute atomic E-state index is 2.34. The fraction of sp³-hybridized carbons (Fsp3) is 0.100. The Morgan fingerprint density at radius 2 is 0.300 bits per heavy atom. The van der Waals surface area contributed by atoms with Gasteiger partial charge in [0, 0.05) is 0 Å². The first-order valence-corrected chi connectivity index (χ1v) is 36.5. The standard InChI is InChI=1S/2C34H20.C22H12.5C2H6/c2*1-3-9-21(10-4-1)29-25-15-7-13-23-18-20-28-30(22-11-5-2-6-12-22)26-16-8-14-24-17-19-27(29)33(32(24)26)34(28)31(23)25;1-3-13-7-9-18-12-16-6-2-4-14-8-10-17-11-15(5-1)19(13)21(18)22(17)20(14)16;5*1-2/h2*1-20H;1-12H;5*1-2H3. The molecule has 0 fully saturated rings. The smallest absolute Gasteiger partial charge is 0.000741 e. The van der Waals surface area contributed by atoms with Gasteiger partial charge in [-0.3, -0.25) is 0 Å². The molecule has 100 heavy (non-hydrogen) atoms. The summed E-state index contributed by atoms with van der Waals surface area (Å²) in [5.41, 5.74) is 10.5. The molecule has 0 aromatic heterocycles. The highest BCUT2D eigenvalue weighted by Crippen LogP contribution is 2.54. The second-order valence-corrected chi connectivity index (χ2v) is 24.8. The molecule has 22 rings (SSSR count). The molecular weight excluding hydrogens is 1200 g/mol. The normalized spacial score (nSPS) is 11.3. The topological polar surface area (TPSA) is 0 Å². The first kappa shape index (κ1) is 64.3. The fourth-order valence-electron chi connectivity index (χ4n) is 16.7. The monoisotopic (exact) mass is 1280 g/mol. The van der Waals surface area contributed by atoms with Gasteiger partial charge in [0.15, 0.2) is 0 Å². The lowest BCUT2D eigenvalue weighted by Gasteiger charge is -2.23. The Kier molecular flexibility index (Phi) is 17.6. The maximum atomic E-state index is 2.34.